The number of rotatable bonds is 2. The van der Waals surface area contributed by atoms with Crippen LogP contribution in [-0.2, 0) is 16.0 Å². The van der Waals surface area contributed by atoms with Crippen molar-refractivity contribution >= 4 is 17.4 Å². The number of para-hydroxylation sites is 1. The molecule has 1 saturated heterocycles. The van der Waals surface area contributed by atoms with Crippen molar-refractivity contribution in [2.45, 2.75) is 84.3 Å². The molecule has 246 valence electrons. The molecule has 2 aromatic carbocycles. The van der Waals surface area contributed by atoms with Gasteiger partial charge >= 0.3 is 5.97 Å². The second kappa shape index (κ2) is 13.8. The molecule has 7 rings (SSSR count). The molecule has 5 heterocycles. The highest BCUT2D eigenvalue weighted by Crippen LogP contribution is 2.37. The predicted octanol–water partition coefficient (Wildman–Crippen LogP) is 6.85. The minimum absolute atomic E-state index is 0.137. The van der Waals surface area contributed by atoms with Crippen molar-refractivity contribution in [3.05, 3.63) is 65.6 Å². The molecule has 2 aromatic heterocycles. The van der Waals surface area contributed by atoms with Crippen molar-refractivity contribution in [2.75, 3.05) is 31.2 Å². The summed E-state index contributed by atoms with van der Waals surface area (Å²) in [6.07, 6.45) is 4.13. The molecule has 0 spiro atoms. The summed E-state index contributed by atoms with van der Waals surface area (Å²) in [7, 11) is 0. The summed E-state index contributed by atoms with van der Waals surface area (Å²) < 4.78 is 29.1. The Labute approximate surface area is 270 Å². The van der Waals surface area contributed by atoms with Gasteiger partial charge in [-0.25, -0.2) is 9.37 Å². The molecular formula is C36H45FN4O5. The number of halogens is 1. The van der Waals surface area contributed by atoms with E-state index in [0.29, 0.717) is 41.4 Å². The van der Waals surface area contributed by atoms with Crippen LogP contribution in [0.3, 0.4) is 0 Å². The molecule has 0 saturated carbocycles. The van der Waals surface area contributed by atoms with E-state index in [4.69, 9.17) is 24.7 Å². The monoisotopic (exact) mass is 632 g/mol. The summed E-state index contributed by atoms with van der Waals surface area (Å²) in [4.78, 5) is 18.9. The number of nitrogens with zero attached hydrogens (tertiary/aromatic N) is 4. The van der Waals surface area contributed by atoms with Crippen LogP contribution in [0, 0.1) is 12.7 Å². The number of fused-ring (bicyclic) bond motifs is 8. The van der Waals surface area contributed by atoms with Gasteiger partial charge in [0.15, 0.2) is 17.2 Å². The maximum absolute atomic E-state index is 14.9. The second-order valence-corrected chi connectivity index (χ2v) is 13.4. The summed E-state index contributed by atoms with van der Waals surface area (Å²) in [5, 5.41) is 23.2. The van der Waals surface area contributed by atoms with E-state index in [0.717, 1.165) is 62.1 Å². The molecule has 0 radical (unpaired) electrons. The maximum Gasteiger partial charge on any atom is 0.308 e. The zero-order valence-electron chi connectivity index (χ0n) is 27.5. The number of carboxylic acids is 1. The summed E-state index contributed by atoms with van der Waals surface area (Å²) >= 11 is 0. The second-order valence-electron chi connectivity index (χ2n) is 13.4. The SMILES string of the molecule is CC(C)(C)O.Cc1nc2cc3nn2c(c1CC(=O)O)N1CCC(C)(CC1)OCCCCCOc1c(F)cccc1-c1cccc-3c1. The average molecular weight is 633 g/mol. The van der Waals surface area contributed by atoms with E-state index in [2.05, 4.69) is 11.8 Å². The normalized spacial score (nSPS) is 16.7. The number of ether oxygens (including phenoxy) is 2. The van der Waals surface area contributed by atoms with Crippen LogP contribution in [0.25, 0.3) is 28.0 Å². The standard InChI is InChI=1S/C32H35FN4O4.C4H10O/c1-21-25(19-29(38)39)31-36-14-12-32(2,13-15-36)41-17-5-3-4-16-40-30-24(10-7-11-26(30)33)22-8-6-9-23(18-22)27-20-28(34-21)37(31)35-27;1-4(2,3)5/h6-11,18,20H,3-5,12-17,19H2,1-2H3,(H,38,39);5H,1-3H3. The molecule has 9 nitrogen and oxygen atoms in total. The number of aryl methyl sites for hydroxylation is 1. The average Bonchev–Trinajstić information content (AvgIpc) is 3.40. The van der Waals surface area contributed by atoms with Gasteiger partial charge in [0.1, 0.15) is 5.82 Å². The van der Waals surface area contributed by atoms with Gasteiger partial charge in [-0.1, -0.05) is 30.3 Å². The Morgan fingerprint density at radius 2 is 1.70 bits per heavy atom. The molecule has 4 aromatic rings. The number of carbonyl (C=O) groups is 1. The first-order valence-corrected chi connectivity index (χ1v) is 16.1. The number of aliphatic hydroxyl groups is 1. The Morgan fingerprint density at radius 3 is 2.41 bits per heavy atom. The number of hydrogen-bond donors (Lipinski definition) is 2. The van der Waals surface area contributed by atoms with E-state index in [1.165, 1.54) is 6.07 Å². The molecule has 2 N–H and O–H groups in total. The Morgan fingerprint density at radius 1 is 1.02 bits per heavy atom. The first kappa shape index (κ1) is 33.3. The van der Waals surface area contributed by atoms with Gasteiger partial charge in [0.25, 0.3) is 0 Å². The lowest BCUT2D eigenvalue weighted by molar-refractivity contribution is -0.136. The third kappa shape index (κ3) is 8.03. The number of piperidine rings is 1. The van der Waals surface area contributed by atoms with E-state index in [-0.39, 0.29) is 23.6 Å². The van der Waals surface area contributed by atoms with Gasteiger partial charge in [-0.15, -0.1) is 0 Å². The number of anilines is 1. The van der Waals surface area contributed by atoms with Crippen molar-refractivity contribution < 1.29 is 28.9 Å². The zero-order chi connectivity index (χ0) is 33.1. The minimum Gasteiger partial charge on any atom is -0.490 e. The van der Waals surface area contributed by atoms with E-state index >= 15 is 0 Å². The predicted molar refractivity (Wildman–Crippen MR) is 177 cm³/mol. The van der Waals surface area contributed by atoms with Gasteiger partial charge in [0.05, 0.1) is 29.9 Å². The molecule has 46 heavy (non-hydrogen) atoms. The van der Waals surface area contributed by atoms with Crippen LogP contribution in [0.15, 0.2) is 48.5 Å². The Hall–Kier alpha value is -4.02. The maximum atomic E-state index is 14.9. The lowest BCUT2D eigenvalue weighted by Gasteiger charge is -2.41. The summed E-state index contributed by atoms with van der Waals surface area (Å²) in [6, 6.07) is 14.7. The molecular weight excluding hydrogens is 587 g/mol. The van der Waals surface area contributed by atoms with Crippen molar-refractivity contribution in [2.24, 2.45) is 0 Å². The van der Waals surface area contributed by atoms with Crippen LogP contribution >= 0.6 is 0 Å². The number of benzene rings is 2. The first-order valence-electron chi connectivity index (χ1n) is 16.1. The smallest absolute Gasteiger partial charge is 0.308 e. The number of carboxylic acid groups (broad SMARTS) is 1. The molecule has 1 fully saturated rings. The number of hydrogen-bond acceptors (Lipinski definition) is 7. The fourth-order valence-electron chi connectivity index (χ4n) is 5.90. The zero-order valence-corrected chi connectivity index (χ0v) is 27.5. The van der Waals surface area contributed by atoms with Crippen molar-refractivity contribution in [1.82, 2.24) is 14.6 Å². The number of aromatic nitrogens is 3. The molecule has 0 unspecified atom stereocenters. The van der Waals surface area contributed by atoms with Gasteiger partial charge in [-0.05, 0) is 84.4 Å². The van der Waals surface area contributed by atoms with Crippen molar-refractivity contribution in [3.8, 4) is 28.1 Å². The topological polar surface area (TPSA) is 109 Å². The summed E-state index contributed by atoms with van der Waals surface area (Å²) in [5.74, 6) is -0.273. The molecule has 10 heteroatoms. The first-order chi connectivity index (χ1) is 21.8. The van der Waals surface area contributed by atoms with Gasteiger partial charge in [0.2, 0.25) is 0 Å². The van der Waals surface area contributed by atoms with Crippen LogP contribution in [0.5, 0.6) is 5.75 Å². The Bertz CT molecular complexity index is 1680. The highest BCUT2D eigenvalue weighted by molar-refractivity contribution is 5.78. The summed E-state index contributed by atoms with van der Waals surface area (Å²) in [5.41, 5.74) is 4.30. The highest BCUT2D eigenvalue weighted by atomic mass is 19.1. The van der Waals surface area contributed by atoms with Crippen LogP contribution in [-0.4, -0.2) is 68.3 Å². The quantitative estimate of drug-likeness (QED) is 0.247. The van der Waals surface area contributed by atoms with Crippen molar-refractivity contribution in [3.63, 3.8) is 0 Å². The van der Waals surface area contributed by atoms with Crippen molar-refractivity contribution in [1.29, 1.82) is 0 Å². The third-order valence-electron chi connectivity index (χ3n) is 8.25. The fraction of sp³-hybridized carbons (Fsp3) is 0.472. The number of aliphatic carboxylic acids is 1. The molecule has 0 amide bonds. The summed E-state index contributed by atoms with van der Waals surface area (Å²) in [6.45, 7) is 11.8. The molecule has 0 aliphatic carbocycles. The van der Waals surface area contributed by atoms with Gasteiger partial charge in [0, 0.05) is 48.1 Å². The highest BCUT2D eigenvalue weighted by Gasteiger charge is 2.33. The lowest BCUT2D eigenvalue weighted by atomic mass is 9.92. The van der Waals surface area contributed by atoms with E-state index in [9.17, 15) is 14.3 Å². The Balaban J connectivity index is 0.000000775. The van der Waals surface area contributed by atoms with Gasteiger partial charge in [-0.2, -0.15) is 9.61 Å². The van der Waals surface area contributed by atoms with E-state index in [1.807, 2.05) is 43.3 Å². The minimum atomic E-state index is -0.907. The lowest BCUT2D eigenvalue weighted by Crippen LogP contribution is -2.45. The third-order valence-corrected chi connectivity index (χ3v) is 8.25. The molecule has 0 atom stereocenters. The van der Waals surface area contributed by atoms with E-state index < -0.39 is 11.6 Å². The molecule has 3 aliphatic rings. The van der Waals surface area contributed by atoms with Crippen LogP contribution in [0.4, 0.5) is 10.2 Å². The van der Waals surface area contributed by atoms with Gasteiger partial charge in [-0.3, -0.25) is 4.79 Å². The Kier molecular flexibility index (Phi) is 9.98. The van der Waals surface area contributed by atoms with E-state index in [1.54, 1.807) is 31.4 Å². The fourth-order valence-corrected chi connectivity index (χ4v) is 5.90. The van der Waals surface area contributed by atoms with Gasteiger partial charge < -0.3 is 24.6 Å². The molecule has 3 aliphatic heterocycles. The van der Waals surface area contributed by atoms with Crippen LogP contribution < -0.4 is 9.64 Å². The van der Waals surface area contributed by atoms with Crippen LogP contribution in [0.2, 0.25) is 0 Å². The largest absolute Gasteiger partial charge is 0.490 e. The van der Waals surface area contributed by atoms with Crippen LogP contribution in [0.1, 0.15) is 71.1 Å². The molecule has 6 bridgehead atoms.